The van der Waals surface area contributed by atoms with Crippen molar-refractivity contribution in [2.75, 3.05) is 18.4 Å². The van der Waals surface area contributed by atoms with Crippen LogP contribution in [0, 0.1) is 12.7 Å². The summed E-state index contributed by atoms with van der Waals surface area (Å²) in [7, 11) is 0. The number of rotatable bonds is 3. The Morgan fingerprint density at radius 2 is 2.07 bits per heavy atom. The highest BCUT2D eigenvalue weighted by Crippen LogP contribution is 2.18. The minimum atomic E-state index is -0.299. The molecule has 4 rings (SSSR count). The Bertz CT molecular complexity index is 1090. The van der Waals surface area contributed by atoms with E-state index >= 15 is 0 Å². The van der Waals surface area contributed by atoms with Crippen molar-refractivity contribution in [1.82, 2.24) is 9.88 Å². The lowest BCUT2D eigenvalue weighted by Crippen LogP contribution is -2.39. The predicted octanol–water partition coefficient (Wildman–Crippen LogP) is 2.97. The lowest BCUT2D eigenvalue weighted by atomic mass is 10.0. The zero-order valence-corrected chi connectivity index (χ0v) is 15.0. The van der Waals surface area contributed by atoms with Crippen LogP contribution in [0.15, 0.2) is 47.3 Å². The second-order valence-corrected chi connectivity index (χ2v) is 6.93. The van der Waals surface area contributed by atoms with Crippen LogP contribution >= 0.6 is 0 Å². The van der Waals surface area contributed by atoms with Gasteiger partial charge < -0.3 is 10.3 Å². The summed E-state index contributed by atoms with van der Waals surface area (Å²) in [6.45, 7) is 2.97. The van der Waals surface area contributed by atoms with Gasteiger partial charge in [-0.2, -0.15) is 0 Å². The van der Waals surface area contributed by atoms with Gasteiger partial charge in [-0.1, -0.05) is 12.1 Å². The molecule has 0 unspecified atom stereocenters. The molecule has 3 aromatic rings. The summed E-state index contributed by atoms with van der Waals surface area (Å²) in [5.74, 6) is -0.478. The number of carbonyl (C=O) groups is 1. The van der Waals surface area contributed by atoms with Crippen molar-refractivity contribution < 1.29 is 9.18 Å². The molecule has 5 nitrogen and oxygen atoms in total. The van der Waals surface area contributed by atoms with Crippen LogP contribution in [0.25, 0.3) is 10.9 Å². The molecule has 0 atom stereocenters. The lowest BCUT2D eigenvalue weighted by Gasteiger charge is -2.27. The number of fused-ring (bicyclic) bond motifs is 2. The quantitative estimate of drug-likeness (QED) is 0.750. The summed E-state index contributed by atoms with van der Waals surface area (Å²) in [4.78, 5) is 30.4. The van der Waals surface area contributed by atoms with E-state index in [0.717, 1.165) is 16.8 Å². The molecule has 2 aromatic carbocycles. The van der Waals surface area contributed by atoms with Gasteiger partial charge in [0.2, 0.25) is 5.91 Å². The summed E-state index contributed by atoms with van der Waals surface area (Å²) in [6, 6.07) is 12.0. The van der Waals surface area contributed by atoms with Crippen LogP contribution in [0.4, 0.5) is 10.1 Å². The van der Waals surface area contributed by atoms with E-state index in [-0.39, 0.29) is 23.7 Å². The summed E-state index contributed by atoms with van der Waals surface area (Å²) in [5, 5.41) is 3.46. The van der Waals surface area contributed by atoms with Crippen molar-refractivity contribution in [3.05, 3.63) is 75.3 Å². The molecule has 0 aliphatic carbocycles. The maximum absolute atomic E-state index is 13.3. The van der Waals surface area contributed by atoms with Gasteiger partial charge >= 0.3 is 0 Å². The van der Waals surface area contributed by atoms with E-state index in [1.54, 1.807) is 19.1 Å². The van der Waals surface area contributed by atoms with E-state index in [1.807, 2.05) is 29.2 Å². The fraction of sp³-hybridized carbons (Fsp3) is 0.238. The van der Waals surface area contributed by atoms with Gasteiger partial charge in [0.1, 0.15) is 5.82 Å². The maximum Gasteiger partial charge on any atom is 0.238 e. The number of benzene rings is 2. The van der Waals surface area contributed by atoms with Crippen LogP contribution in [0.3, 0.4) is 0 Å². The first kappa shape index (κ1) is 17.4. The van der Waals surface area contributed by atoms with Crippen molar-refractivity contribution in [2.24, 2.45) is 0 Å². The number of H-pyrrole nitrogens is 1. The molecule has 6 heteroatoms. The number of hydrogen-bond donors (Lipinski definition) is 2. The first-order valence-electron chi connectivity index (χ1n) is 8.92. The van der Waals surface area contributed by atoms with Gasteiger partial charge in [-0.05, 0) is 42.8 Å². The molecule has 1 aliphatic heterocycles. The molecule has 27 heavy (non-hydrogen) atoms. The smallest absolute Gasteiger partial charge is 0.238 e. The van der Waals surface area contributed by atoms with E-state index in [1.165, 1.54) is 6.07 Å². The maximum atomic E-state index is 13.3. The number of aromatic amines is 1. The zero-order chi connectivity index (χ0) is 19.0. The summed E-state index contributed by atoms with van der Waals surface area (Å²) < 4.78 is 13.3. The van der Waals surface area contributed by atoms with Crippen LogP contribution in [0.2, 0.25) is 0 Å². The first-order valence-corrected chi connectivity index (χ1v) is 8.92. The molecule has 0 fully saturated rings. The van der Waals surface area contributed by atoms with Crippen molar-refractivity contribution in [2.45, 2.75) is 19.9 Å². The average molecular weight is 365 g/mol. The van der Waals surface area contributed by atoms with E-state index in [0.29, 0.717) is 36.1 Å². The van der Waals surface area contributed by atoms with Crippen molar-refractivity contribution >= 4 is 22.5 Å². The summed E-state index contributed by atoms with van der Waals surface area (Å²) >= 11 is 0. The van der Waals surface area contributed by atoms with E-state index < -0.39 is 0 Å². The number of aromatic nitrogens is 1. The van der Waals surface area contributed by atoms with Gasteiger partial charge in [-0.25, -0.2) is 4.39 Å². The number of carbonyl (C=O) groups excluding carboxylic acids is 1. The molecule has 1 aliphatic rings. The Morgan fingerprint density at radius 1 is 1.26 bits per heavy atom. The number of anilines is 1. The number of para-hydroxylation sites is 1. The third-order valence-corrected chi connectivity index (χ3v) is 4.96. The summed E-state index contributed by atoms with van der Waals surface area (Å²) in [6.07, 6.45) is 0.693. The number of pyridine rings is 1. The van der Waals surface area contributed by atoms with E-state index in [2.05, 4.69) is 10.3 Å². The number of nitrogens with zero attached hydrogens (tertiary/aromatic N) is 1. The van der Waals surface area contributed by atoms with Crippen LogP contribution in [-0.4, -0.2) is 28.9 Å². The Kier molecular flexibility index (Phi) is 4.49. The monoisotopic (exact) mass is 365 g/mol. The predicted molar refractivity (Wildman–Crippen MR) is 103 cm³/mol. The molecule has 0 radical (unpaired) electrons. The second-order valence-electron chi connectivity index (χ2n) is 6.93. The fourth-order valence-electron chi connectivity index (χ4n) is 3.54. The van der Waals surface area contributed by atoms with Gasteiger partial charge in [0.05, 0.1) is 6.54 Å². The number of halogens is 1. The summed E-state index contributed by atoms with van der Waals surface area (Å²) in [5.41, 5.74) is 3.60. The van der Waals surface area contributed by atoms with Crippen LogP contribution in [-0.2, 0) is 17.8 Å². The molecule has 0 bridgehead atoms. The SMILES string of the molecule is Cc1cc(NC(=O)CN2CCc3[nH]c4ccccc4c(=O)c3C2)ccc1F. The topological polar surface area (TPSA) is 65.2 Å². The van der Waals surface area contributed by atoms with E-state index in [4.69, 9.17) is 0 Å². The molecule has 2 heterocycles. The van der Waals surface area contributed by atoms with Crippen molar-refractivity contribution in [3.63, 3.8) is 0 Å². The van der Waals surface area contributed by atoms with E-state index in [9.17, 15) is 14.0 Å². The minimum absolute atomic E-state index is 0.0265. The third-order valence-electron chi connectivity index (χ3n) is 4.96. The highest BCUT2D eigenvalue weighted by molar-refractivity contribution is 5.92. The van der Waals surface area contributed by atoms with Crippen LogP contribution in [0.5, 0.6) is 0 Å². The molecule has 0 spiro atoms. The standard InChI is InChI=1S/C21H20FN3O2/c1-13-10-14(6-7-17(13)22)23-20(26)12-25-9-8-19-16(11-25)21(27)15-4-2-3-5-18(15)24-19/h2-7,10H,8-9,11-12H2,1H3,(H,23,26)(H,24,27). The zero-order valence-electron chi connectivity index (χ0n) is 15.0. The Balaban J connectivity index is 1.49. The molecule has 1 amide bonds. The van der Waals surface area contributed by atoms with Crippen molar-refractivity contribution in [1.29, 1.82) is 0 Å². The molecule has 0 saturated carbocycles. The minimum Gasteiger partial charge on any atom is -0.358 e. The average Bonchev–Trinajstić information content (AvgIpc) is 2.65. The molecular weight excluding hydrogens is 345 g/mol. The fourth-order valence-corrected chi connectivity index (χ4v) is 3.54. The normalized spacial score (nSPS) is 14.1. The Labute approximate surface area is 155 Å². The highest BCUT2D eigenvalue weighted by Gasteiger charge is 2.22. The first-order chi connectivity index (χ1) is 13.0. The van der Waals surface area contributed by atoms with Gasteiger partial charge in [0, 0.05) is 47.4 Å². The molecular formula is C21H20FN3O2. The lowest BCUT2D eigenvalue weighted by molar-refractivity contribution is -0.117. The molecule has 138 valence electrons. The molecule has 0 saturated heterocycles. The van der Waals surface area contributed by atoms with Gasteiger partial charge in [0.15, 0.2) is 5.43 Å². The van der Waals surface area contributed by atoms with Crippen molar-refractivity contribution in [3.8, 4) is 0 Å². The van der Waals surface area contributed by atoms with Gasteiger partial charge in [-0.3, -0.25) is 14.5 Å². The molecule has 1 aromatic heterocycles. The highest BCUT2D eigenvalue weighted by atomic mass is 19.1. The molecule has 2 N–H and O–H groups in total. The number of hydrogen-bond acceptors (Lipinski definition) is 3. The Hall–Kier alpha value is -2.99. The largest absolute Gasteiger partial charge is 0.358 e. The van der Waals surface area contributed by atoms with Crippen LogP contribution in [0.1, 0.15) is 16.8 Å². The second kappa shape index (κ2) is 6.96. The number of amides is 1. The Morgan fingerprint density at radius 3 is 2.89 bits per heavy atom. The van der Waals surface area contributed by atoms with Gasteiger partial charge in [0.25, 0.3) is 0 Å². The van der Waals surface area contributed by atoms with Crippen LogP contribution < -0.4 is 10.7 Å². The van der Waals surface area contributed by atoms with Gasteiger partial charge in [-0.15, -0.1) is 0 Å². The number of nitrogens with one attached hydrogen (secondary N) is 2. The third kappa shape index (κ3) is 3.48. The number of aryl methyl sites for hydroxylation is 1.